The van der Waals surface area contributed by atoms with Gasteiger partial charge in [-0.3, -0.25) is 4.79 Å². The lowest BCUT2D eigenvalue weighted by Gasteiger charge is -2.16. The third-order valence-electron chi connectivity index (χ3n) is 5.42. The molecular formula is C22H21FN6O2. The molecule has 1 saturated heterocycles. The van der Waals surface area contributed by atoms with Gasteiger partial charge in [0.2, 0.25) is 11.9 Å². The number of fused-ring (bicyclic) bond motifs is 3. The molecule has 4 aromatic rings. The Morgan fingerprint density at radius 2 is 2.00 bits per heavy atom. The first-order chi connectivity index (χ1) is 15.1. The minimum absolute atomic E-state index is 0.0675. The van der Waals surface area contributed by atoms with E-state index >= 15 is 0 Å². The SMILES string of the molecule is COc1ccc(-c2nc3c4cc(F)ccc4nc(N[C@@H]4CCCCNC4=O)n3n2)cc1. The number of halogens is 1. The Labute approximate surface area is 177 Å². The Morgan fingerprint density at radius 3 is 2.81 bits per heavy atom. The second-order valence-electron chi connectivity index (χ2n) is 7.48. The Morgan fingerprint density at radius 1 is 1.16 bits per heavy atom. The number of methoxy groups -OCH3 is 1. The van der Waals surface area contributed by atoms with E-state index in [4.69, 9.17) is 4.74 Å². The van der Waals surface area contributed by atoms with Crippen LogP contribution in [0.25, 0.3) is 27.9 Å². The molecular weight excluding hydrogens is 399 g/mol. The zero-order valence-corrected chi connectivity index (χ0v) is 16.9. The van der Waals surface area contributed by atoms with Gasteiger partial charge in [0.25, 0.3) is 0 Å². The fraction of sp³-hybridized carbons (Fsp3) is 0.273. The minimum Gasteiger partial charge on any atom is -0.497 e. The van der Waals surface area contributed by atoms with Gasteiger partial charge in [-0.25, -0.2) is 14.4 Å². The van der Waals surface area contributed by atoms with E-state index in [9.17, 15) is 9.18 Å². The molecule has 31 heavy (non-hydrogen) atoms. The van der Waals surface area contributed by atoms with Crippen molar-refractivity contribution in [1.29, 1.82) is 0 Å². The summed E-state index contributed by atoms with van der Waals surface area (Å²) in [6.45, 7) is 0.668. The van der Waals surface area contributed by atoms with Gasteiger partial charge in [0.05, 0.1) is 12.6 Å². The largest absolute Gasteiger partial charge is 0.497 e. The lowest BCUT2D eigenvalue weighted by molar-refractivity contribution is -0.121. The standard InChI is InChI=1S/C22H21FN6O2/c1-31-15-8-5-13(6-9-15)19-27-20-16-12-14(23)7-10-17(16)25-22(29(20)28-19)26-18-4-2-3-11-24-21(18)30/h5-10,12,18H,2-4,11H2,1H3,(H,24,30)(H,25,26)/t18-/m1/s1. The van der Waals surface area contributed by atoms with Crippen molar-refractivity contribution in [2.75, 3.05) is 19.0 Å². The molecule has 0 bridgehead atoms. The van der Waals surface area contributed by atoms with Crippen molar-refractivity contribution in [3.05, 3.63) is 48.3 Å². The molecule has 0 saturated carbocycles. The number of carbonyl (C=O) groups excluding carboxylic acids is 1. The Balaban J connectivity index is 1.65. The Hall–Kier alpha value is -3.75. The summed E-state index contributed by atoms with van der Waals surface area (Å²) in [5.41, 5.74) is 1.82. The van der Waals surface area contributed by atoms with Crippen LogP contribution in [0.4, 0.5) is 10.3 Å². The van der Waals surface area contributed by atoms with Gasteiger partial charge in [-0.15, -0.1) is 5.10 Å². The Kier molecular flexibility index (Phi) is 4.85. The van der Waals surface area contributed by atoms with E-state index in [2.05, 4.69) is 25.7 Å². The van der Waals surface area contributed by atoms with E-state index < -0.39 is 6.04 Å². The third kappa shape index (κ3) is 3.63. The van der Waals surface area contributed by atoms with Gasteiger partial charge < -0.3 is 15.4 Å². The highest BCUT2D eigenvalue weighted by molar-refractivity contribution is 5.93. The predicted molar refractivity (Wildman–Crippen MR) is 115 cm³/mol. The molecule has 0 spiro atoms. The second kappa shape index (κ2) is 7.82. The summed E-state index contributed by atoms with van der Waals surface area (Å²) in [5, 5.41) is 11.3. The van der Waals surface area contributed by atoms with Crippen LogP contribution in [0.1, 0.15) is 19.3 Å². The fourth-order valence-electron chi connectivity index (χ4n) is 3.77. The molecule has 5 rings (SSSR count). The number of nitrogens with one attached hydrogen (secondary N) is 2. The number of hydrogen-bond acceptors (Lipinski definition) is 6. The molecule has 2 aromatic carbocycles. The van der Waals surface area contributed by atoms with Crippen LogP contribution < -0.4 is 15.4 Å². The Bertz CT molecular complexity index is 1270. The molecule has 0 radical (unpaired) electrons. The first-order valence-corrected chi connectivity index (χ1v) is 10.2. The average Bonchev–Trinajstić information content (AvgIpc) is 3.14. The van der Waals surface area contributed by atoms with Crippen LogP contribution in [0.2, 0.25) is 0 Å². The van der Waals surface area contributed by atoms with Gasteiger partial charge in [0.15, 0.2) is 11.5 Å². The molecule has 2 N–H and O–H groups in total. The predicted octanol–water partition coefficient (Wildman–Crippen LogP) is 3.17. The maximum Gasteiger partial charge on any atom is 0.242 e. The van der Waals surface area contributed by atoms with E-state index in [1.54, 1.807) is 17.7 Å². The van der Waals surface area contributed by atoms with Crippen molar-refractivity contribution < 1.29 is 13.9 Å². The number of amides is 1. The summed E-state index contributed by atoms with van der Waals surface area (Å²) >= 11 is 0. The molecule has 1 fully saturated rings. The molecule has 0 aliphatic carbocycles. The lowest BCUT2D eigenvalue weighted by atomic mass is 10.1. The van der Waals surface area contributed by atoms with E-state index in [0.29, 0.717) is 41.3 Å². The summed E-state index contributed by atoms with van der Waals surface area (Å²) in [7, 11) is 1.60. The summed E-state index contributed by atoms with van der Waals surface area (Å²) < 4.78 is 20.7. The smallest absolute Gasteiger partial charge is 0.242 e. The highest BCUT2D eigenvalue weighted by atomic mass is 19.1. The van der Waals surface area contributed by atoms with Crippen molar-refractivity contribution in [1.82, 2.24) is 24.9 Å². The molecule has 9 heteroatoms. The molecule has 3 heterocycles. The van der Waals surface area contributed by atoms with Crippen molar-refractivity contribution in [3.63, 3.8) is 0 Å². The average molecular weight is 420 g/mol. The number of rotatable bonds is 4. The molecule has 1 aliphatic rings. The number of ether oxygens (including phenoxy) is 1. The van der Waals surface area contributed by atoms with Crippen molar-refractivity contribution in [2.24, 2.45) is 0 Å². The van der Waals surface area contributed by atoms with E-state index in [1.807, 2.05) is 24.3 Å². The van der Waals surface area contributed by atoms with Crippen LogP contribution in [-0.2, 0) is 4.79 Å². The number of hydrogen-bond donors (Lipinski definition) is 2. The number of anilines is 1. The van der Waals surface area contributed by atoms with Gasteiger partial charge in [0, 0.05) is 17.5 Å². The minimum atomic E-state index is -0.426. The summed E-state index contributed by atoms with van der Waals surface area (Å²) in [6.07, 6.45) is 2.55. The summed E-state index contributed by atoms with van der Waals surface area (Å²) in [5.74, 6) is 1.14. The van der Waals surface area contributed by atoms with Crippen LogP contribution in [-0.4, -0.2) is 45.2 Å². The van der Waals surface area contributed by atoms with Gasteiger partial charge in [-0.1, -0.05) is 0 Å². The highest BCUT2D eigenvalue weighted by Crippen LogP contribution is 2.26. The first kappa shape index (κ1) is 19.2. The van der Waals surface area contributed by atoms with Crippen molar-refractivity contribution in [3.8, 4) is 17.1 Å². The lowest BCUT2D eigenvalue weighted by Crippen LogP contribution is -2.38. The summed E-state index contributed by atoms with van der Waals surface area (Å²) in [6, 6.07) is 11.3. The molecule has 1 amide bonds. The number of benzene rings is 2. The summed E-state index contributed by atoms with van der Waals surface area (Å²) in [4.78, 5) is 21.7. The van der Waals surface area contributed by atoms with Gasteiger partial charge in [-0.05, 0) is 61.7 Å². The quantitative estimate of drug-likeness (QED) is 0.527. The van der Waals surface area contributed by atoms with Crippen LogP contribution in [0.3, 0.4) is 0 Å². The number of nitrogens with zero attached hydrogens (tertiary/aromatic N) is 4. The molecule has 0 unspecified atom stereocenters. The van der Waals surface area contributed by atoms with Crippen LogP contribution in [0.5, 0.6) is 5.75 Å². The molecule has 158 valence electrons. The second-order valence-corrected chi connectivity index (χ2v) is 7.48. The topological polar surface area (TPSA) is 93.4 Å². The third-order valence-corrected chi connectivity index (χ3v) is 5.42. The fourth-order valence-corrected chi connectivity index (χ4v) is 3.77. The maximum atomic E-state index is 14.0. The zero-order chi connectivity index (χ0) is 21.4. The number of aromatic nitrogens is 4. The van der Waals surface area contributed by atoms with E-state index in [-0.39, 0.29) is 11.7 Å². The van der Waals surface area contributed by atoms with Crippen LogP contribution >= 0.6 is 0 Å². The van der Waals surface area contributed by atoms with Gasteiger partial charge >= 0.3 is 0 Å². The molecule has 2 aromatic heterocycles. The normalized spacial score (nSPS) is 16.8. The van der Waals surface area contributed by atoms with Crippen molar-refractivity contribution >= 4 is 28.4 Å². The van der Waals surface area contributed by atoms with Crippen LogP contribution in [0, 0.1) is 5.82 Å². The van der Waals surface area contributed by atoms with E-state index in [0.717, 1.165) is 24.2 Å². The van der Waals surface area contributed by atoms with Crippen LogP contribution in [0.15, 0.2) is 42.5 Å². The molecule has 1 aliphatic heterocycles. The monoisotopic (exact) mass is 420 g/mol. The first-order valence-electron chi connectivity index (χ1n) is 10.2. The van der Waals surface area contributed by atoms with E-state index in [1.165, 1.54) is 12.1 Å². The number of carbonyl (C=O) groups is 1. The highest BCUT2D eigenvalue weighted by Gasteiger charge is 2.23. The van der Waals surface area contributed by atoms with Gasteiger partial charge in [-0.2, -0.15) is 4.52 Å². The zero-order valence-electron chi connectivity index (χ0n) is 16.9. The maximum absolute atomic E-state index is 14.0. The molecule has 8 nitrogen and oxygen atoms in total. The van der Waals surface area contributed by atoms with Gasteiger partial charge in [0.1, 0.15) is 17.6 Å². The van der Waals surface area contributed by atoms with Crippen molar-refractivity contribution in [2.45, 2.75) is 25.3 Å². The molecule has 1 atom stereocenters.